The standard InChI is InChI=1S/C22H24F2N2O2/c1-25(16-18-9-2-4-10-19(18)26-14-6-7-15-26)21(27)13-12-17-8-3-5-11-20(17)28-22(23)24/h2-5,8-13,22H,6-7,14-16H2,1H3/b13-12+. The number of rotatable bonds is 7. The summed E-state index contributed by atoms with van der Waals surface area (Å²) in [7, 11) is 1.73. The Kier molecular flexibility index (Phi) is 6.63. The number of anilines is 1. The summed E-state index contributed by atoms with van der Waals surface area (Å²) >= 11 is 0. The number of hydrogen-bond acceptors (Lipinski definition) is 3. The predicted octanol–water partition coefficient (Wildman–Crippen LogP) is 4.56. The minimum atomic E-state index is -2.91. The molecule has 6 heteroatoms. The fourth-order valence-corrected chi connectivity index (χ4v) is 3.35. The zero-order chi connectivity index (χ0) is 19.9. The fourth-order valence-electron chi connectivity index (χ4n) is 3.35. The monoisotopic (exact) mass is 386 g/mol. The van der Waals surface area contributed by atoms with E-state index >= 15 is 0 Å². The minimum Gasteiger partial charge on any atom is -0.434 e. The van der Waals surface area contributed by atoms with Crippen molar-refractivity contribution in [2.24, 2.45) is 0 Å². The van der Waals surface area contributed by atoms with Crippen LogP contribution >= 0.6 is 0 Å². The molecule has 1 saturated heterocycles. The summed E-state index contributed by atoms with van der Waals surface area (Å²) in [6, 6.07) is 14.5. The summed E-state index contributed by atoms with van der Waals surface area (Å²) in [4.78, 5) is 16.5. The van der Waals surface area contributed by atoms with Gasteiger partial charge in [0, 0.05) is 44.0 Å². The van der Waals surface area contributed by atoms with E-state index in [2.05, 4.69) is 15.7 Å². The molecule has 0 atom stereocenters. The highest BCUT2D eigenvalue weighted by atomic mass is 19.3. The second-order valence-electron chi connectivity index (χ2n) is 6.77. The summed E-state index contributed by atoms with van der Waals surface area (Å²) < 4.78 is 29.5. The SMILES string of the molecule is CN(Cc1ccccc1N1CCCC1)C(=O)/C=C/c1ccccc1OC(F)F. The van der Waals surface area contributed by atoms with Crippen molar-refractivity contribution in [2.75, 3.05) is 25.0 Å². The van der Waals surface area contributed by atoms with Crippen molar-refractivity contribution in [3.8, 4) is 5.75 Å². The van der Waals surface area contributed by atoms with Crippen LogP contribution in [-0.4, -0.2) is 37.6 Å². The number of benzene rings is 2. The molecule has 0 aromatic heterocycles. The molecule has 1 amide bonds. The summed E-state index contributed by atoms with van der Waals surface area (Å²) in [6.45, 7) is -0.356. The highest BCUT2D eigenvalue weighted by Gasteiger charge is 2.17. The summed E-state index contributed by atoms with van der Waals surface area (Å²) in [5.74, 6) is -0.161. The van der Waals surface area contributed by atoms with Crippen LogP contribution in [0.4, 0.5) is 14.5 Å². The lowest BCUT2D eigenvalue weighted by Gasteiger charge is -2.24. The lowest BCUT2D eigenvalue weighted by molar-refractivity contribution is -0.125. The molecule has 4 nitrogen and oxygen atoms in total. The smallest absolute Gasteiger partial charge is 0.387 e. The molecular formula is C22H24F2N2O2. The molecule has 148 valence electrons. The zero-order valence-electron chi connectivity index (χ0n) is 15.9. The van der Waals surface area contributed by atoms with E-state index in [1.807, 2.05) is 18.2 Å². The highest BCUT2D eigenvalue weighted by molar-refractivity contribution is 5.92. The van der Waals surface area contributed by atoms with Crippen LogP contribution in [0.1, 0.15) is 24.0 Å². The topological polar surface area (TPSA) is 32.8 Å². The molecule has 1 aliphatic rings. The molecule has 3 rings (SSSR count). The number of alkyl halides is 2. The Bertz CT molecular complexity index is 833. The van der Waals surface area contributed by atoms with Crippen LogP contribution in [-0.2, 0) is 11.3 Å². The number of likely N-dealkylation sites (N-methyl/N-ethyl adjacent to an activating group) is 1. The van der Waals surface area contributed by atoms with Gasteiger partial charge in [-0.05, 0) is 36.6 Å². The van der Waals surface area contributed by atoms with Gasteiger partial charge < -0.3 is 14.5 Å². The lowest BCUT2D eigenvalue weighted by atomic mass is 10.1. The molecule has 0 spiro atoms. The van der Waals surface area contributed by atoms with Gasteiger partial charge in [-0.3, -0.25) is 4.79 Å². The van der Waals surface area contributed by atoms with Crippen molar-refractivity contribution in [2.45, 2.75) is 26.0 Å². The molecule has 28 heavy (non-hydrogen) atoms. The van der Waals surface area contributed by atoms with E-state index < -0.39 is 6.61 Å². The Hall–Kier alpha value is -2.89. The largest absolute Gasteiger partial charge is 0.434 e. The Morgan fingerprint density at radius 3 is 2.57 bits per heavy atom. The first-order chi connectivity index (χ1) is 13.5. The van der Waals surface area contributed by atoms with Crippen LogP contribution in [0.15, 0.2) is 54.6 Å². The van der Waals surface area contributed by atoms with Gasteiger partial charge >= 0.3 is 6.61 Å². The van der Waals surface area contributed by atoms with Gasteiger partial charge in [-0.2, -0.15) is 8.78 Å². The van der Waals surface area contributed by atoms with Gasteiger partial charge in [0.1, 0.15) is 5.75 Å². The molecule has 1 heterocycles. The van der Waals surface area contributed by atoms with Crippen LogP contribution in [0.3, 0.4) is 0 Å². The zero-order valence-corrected chi connectivity index (χ0v) is 15.9. The van der Waals surface area contributed by atoms with Gasteiger partial charge in [0.15, 0.2) is 0 Å². The van der Waals surface area contributed by atoms with Gasteiger partial charge in [0.25, 0.3) is 0 Å². The number of nitrogens with zero attached hydrogens (tertiary/aromatic N) is 2. The van der Waals surface area contributed by atoms with E-state index in [4.69, 9.17) is 0 Å². The van der Waals surface area contributed by atoms with Crippen molar-refractivity contribution >= 4 is 17.7 Å². The number of amides is 1. The van der Waals surface area contributed by atoms with Crippen LogP contribution < -0.4 is 9.64 Å². The Morgan fingerprint density at radius 2 is 1.82 bits per heavy atom. The number of carbonyl (C=O) groups excluding carboxylic acids is 1. The minimum absolute atomic E-state index is 0.0450. The van der Waals surface area contributed by atoms with Gasteiger partial charge in [-0.15, -0.1) is 0 Å². The number of para-hydroxylation sites is 2. The van der Waals surface area contributed by atoms with Gasteiger partial charge in [-0.1, -0.05) is 36.4 Å². The van der Waals surface area contributed by atoms with E-state index in [-0.39, 0.29) is 11.7 Å². The van der Waals surface area contributed by atoms with Crippen molar-refractivity contribution in [3.05, 3.63) is 65.7 Å². The third-order valence-corrected chi connectivity index (χ3v) is 4.76. The molecule has 0 radical (unpaired) electrons. The summed E-state index contributed by atoms with van der Waals surface area (Å²) in [6.07, 6.45) is 5.26. The van der Waals surface area contributed by atoms with Gasteiger partial charge in [0.2, 0.25) is 5.91 Å². The van der Waals surface area contributed by atoms with Crippen molar-refractivity contribution in [1.82, 2.24) is 4.90 Å². The number of ether oxygens (including phenoxy) is 1. The quantitative estimate of drug-likeness (QED) is 0.654. The summed E-state index contributed by atoms with van der Waals surface area (Å²) in [5, 5.41) is 0. The second-order valence-corrected chi connectivity index (χ2v) is 6.77. The van der Waals surface area contributed by atoms with Crippen LogP contribution in [0.5, 0.6) is 5.75 Å². The van der Waals surface area contributed by atoms with Gasteiger partial charge in [0.05, 0.1) is 0 Å². The molecule has 1 aliphatic heterocycles. The van der Waals surface area contributed by atoms with Crippen molar-refractivity contribution < 1.29 is 18.3 Å². The lowest BCUT2D eigenvalue weighted by Crippen LogP contribution is -2.26. The first-order valence-electron chi connectivity index (χ1n) is 9.34. The molecule has 2 aromatic rings. The van der Waals surface area contributed by atoms with E-state index in [1.54, 1.807) is 30.1 Å². The van der Waals surface area contributed by atoms with Crippen LogP contribution in [0.25, 0.3) is 6.08 Å². The number of halogens is 2. The normalized spacial score (nSPS) is 14.1. The molecule has 0 unspecified atom stereocenters. The maximum Gasteiger partial charge on any atom is 0.387 e. The molecule has 0 saturated carbocycles. The second kappa shape index (κ2) is 9.35. The average Bonchev–Trinajstić information content (AvgIpc) is 3.21. The molecule has 1 fully saturated rings. The molecule has 2 aromatic carbocycles. The first-order valence-corrected chi connectivity index (χ1v) is 9.34. The Balaban J connectivity index is 1.68. The Morgan fingerprint density at radius 1 is 1.14 bits per heavy atom. The Labute approximate surface area is 164 Å². The number of hydrogen-bond donors (Lipinski definition) is 0. The molecule has 0 bridgehead atoms. The average molecular weight is 386 g/mol. The van der Waals surface area contributed by atoms with Gasteiger partial charge in [-0.25, -0.2) is 0 Å². The van der Waals surface area contributed by atoms with Crippen LogP contribution in [0.2, 0.25) is 0 Å². The maximum absolute atomic E-state index is 12.5. The summed E-state index contributed by atoms with van der Waals surface area (Å²) in [5.41, 5.74) is 2.69. The van der Waals surface area contributed by atoms with E-state index in [0.29, 0.717) is 12.1 Å². The maximum atomic E-state index is 12.5. The van der Waals surface area contributed by atoms with Crippen molar-refractivity contribution in [3.63, 3.8) is 0 Å². The highest BCUT2D eigenvalue weighted by Crippen LogP contribution is 2.26. The van der Waals surface area contributed by atoms with Crippen LogP contribution in [0, 0.1) is 0 Å². The van der Waals surface area contributed by atoms with E-state index in [1.165, 1.54) is 36.7 Å². The predicted molar refractivity (Wildman–Crippen MR) is 106 cm³/mol. The fraction of sp³-hybridized carbons (Fsp3) is 0.318. The molecule has 0 aliphatic carbocycles. The van der Waals surface area contributed by atoms with E-state index in [9.17, 15) is 13.6 Å². The third-order valence-electron chi connectivity index (χ3n) is 4.76. The third kappa shape index (κ3) is 5.09. The number of carbonyl (C=O) groups is 1. The van der Waals surface area contributed by atoms with E-state index in [0.717, 1.165) is 18.7 Å². The first kappa shape index (κ1) is 19.9. The molecule has 0 N–H and O–H groups in total. The van der Waals surface area contributed by atoms with Crippen molar-refractivity contribution in [1.29, 1.82) is 0 Å². The molecular weight excluding hydrogens is 362 g/mol.